The van der Waals surface area contributed by atoms with Crippen molar-refractivity contribution in [2.24, 2.45) is 0 Å². The average molecular weight is 316 g/mol. The lowest BCUT2D eigenvalue weighted by atomic mass is 9.77. The minimum absolute atomic E-state index is 0.309. The zero-order chi connectivity index (χ0) is 16.7. The molecule has 23 heavy (non-hydrogen) atoms. The van der Waals surface area contributed by atoms with Crippen molar-refractivity contribution >= 4 is 6.09 Å². The smallest absolute Gasteiger partial charge is 0.424 e. The monoisotopic (exact) mass is 316 g/mol. The molecule has 0 bridgehead atoms. The summed E-state index contributed by atoms with van der Waals surface area (Å²) in [6.45, 7) is 6.11. The molecule has 1 saturated heterocycles. The number of carbonyl (C=O) groups excluding carboxylic acids is 1. The van der Waals surface area contributed by atoms with Crippen LogP contribution < -0.4 is 0 Å². The second-order valence-electron chi connectivity index (χ2n) is 5.68. The average Bonchev–Trinajstić information content (AvgIpc) is 2.61. The van der Waals surface area contributed by atoms with Gasteiger partial charge in [0.2, 0.25) is 0 Å². The Morgan fingerprint density at radius 1 is 1.43 bits per heavy atom. The molecule has 1 aliphatic rings. The number of pyridine rings is 1. The molecular weight excluding hydrogens is 292 g/mol. The molecular formula is C17H24N4O2. The number of piperidine rings is 1. The Balaban J connectivity index is 2.09. The quantitative estimate of drug-likeness (QED) is 0.835. The maximum absolute atomic E-state index is 12.1. The molecule has 6 heteroatoms. The van der Waals surface area contributed by atoms with Crippen LogP contribution in [-0.2, 0) is 10.2 Å². The molecule has 124 valence electrons. The van der Waals surface area contributed by atoms with Crippen molar-refractivity contribution in [2.45, 2.75) is 38.5 Å². The van der Waals surface area contributed by atoms with E-state index in [0.29, 0.717) is 39.1 Å². The number of nitriles is 1. The van der Waals surface area contributed by atoms with Gasteiger partial charge in [-0.1, -0.05) is 13.0 Å². The van der Waals surface area contributed by atoms with Gasteiger partial charge in [-0.25, -0.2) is 14.8 Å². The molecule has 2 rings (SSSR count). The van der Waals surface area contributed by atoms with Crippen molar-refractivity contribution in [1.29, 1.82) is 5.26 Å². The number of nitrogens with zero attached hydrogens (tertiary/aromatic N) is 4. The molecule has 1 aromatic heterocycles. The molecule has 0 saturated carbocycles. The molecule has 0 spiro atoms. The minimum atomic E-state index is -0.565. The van der Waals surface area contributed by atoms with Gasteiger partial charge in [0.15, 0.2) is 0 Å². The second kappa shape index (κ2) is 7.93. The highest BCUT2D eigenvalue weighted by molar-refractivity contribution is 5.67. The van der Waals surface area contributed by atoms with Gasteiger partial charge in [-0.15, -0.1) is 0 Å². The first-order valence-corrected chi connectivity index (χ1v) is 8.18. The highest BCUT2D eigenvalue weighted by atomic mass is 16.6. The zero-order valence-electron chi connectivity index (χ0n) is 13.9. The van der Waals surface area contributed by atoms with Crippen molar-refractivity contribution in [3.05, 3.63) is 30.1 Å². The molecule has 0 atom stereocenters. The van der Waals surface area contributed by atoms with Gasteiger partial charge in [0.1, 0.15) is 5.41 Å². The van der Waals surface area contributed by atoms with Gasteiger partial charge in [-0.3, -0.25) is 4.98 Å². The lowest BCUT2D eigenvalue weighted by Gasteiger charge is -2.41. The van der Waals surface area contributed by atoms with E-state index < -0.39 is 5.41 Å². The summed E-state index contributed by atoms with van der Waals surface area (Å²) in [5.74, 6) is 0. The summed E-state index contributed by atoms with van der Waals surface area (Å²) in [6, 6.07) is 8.13. The Bertz CT molecular complexity index is 547. The van der Waals surface area contributed by atoms with E-state index >= 15 is 0 Å². The van der Waals surface area contributed by atoms with Gasteiger partial charge in [0.25, 0.3) is 0 Å². The number of amides is 1. The van der Waals surface area contributed by atoms with Crippen molar-refractivity contribution in [2.75, 3.05) is 26.2 Å². The highest BCUT2D eigenvalue weighted by Gasteiger charge is 2.39. The van der Waals surface area contributed by atoms with Crippen LogP contribution in [0.2, 0.25) is 0 Å². The number of ether oxygens (including phenoxy) is 1. The van der Waals surface area contributed by atoms with E-state index in [1.54, 1.807) is 18.1 Å². The van der Waals surface area contributed by atoms with Crippen LogP contribution in [-0.4, -0.2) is 47.3 Å². The van der Waals surface area contributed by atoms with Gasteiger partial charge in [-0.05, 0) is 38.3 Å². The fourth-order valence-corrected chi connectivity index (χ4v) is 2.95. The van der Waals surface area contributed by atoms with Crippen molar-refractivity contribution in [3.8, 4) is 6.07 Å². The van der Waals surface area contributed by atoms with Crippen LogP contribution in [0.4, 0.5) is 4.79 Å². The standard InChI is InChI=1S/C17H24N4O2/c1-3-11-21(16(22)23-4-2)20-12-8-17(14-18,9-13-20)15-7-5-6-10-19-15/h5-7,10H,3-4,8-9,11-13H2,1-2H3. The Morgan fingerprint density at radius 3 is 2.70 bits per heavy atom. The predicted octanol–water partition coefficient (Wildman–Crippen LogP) is 2.72. The summed E-state index contributed by atoms with van der Waals surface area (Å²) < 4.78 is 5.14. The summed E-state index contributed by atoms with van der Waals surface area (Å²) in [4.78, 5) is 16.5. The Labute approximate surface area is 137 Å². The van der Waals surface area contributed by atoms with Crippen LogP contribution in [0.15, 0.2) is 24.4 Å². The number of carbonyl (C=O) groups is 1. The van der Waals surface area contributed by atoms with Gasteiger partial charge in [0.05, 0.1) is 18.4 Å². The van der Waals surface area contributed by atoms with Crippen LogP contribution in [0.3, 0.4) is 0 Å². The van der Waals surface area contributed by atoms with Crippen LogP contribution in [0.25, 0.3) is 0 Å². The summed E-state index contributed by atoms with van der Waals surface area (Å²) in [6.07, 6.45) is 3.58. The molecule has 0 N–H and O–H groups in total. The molecule has 0 aromatic carbocycles. The zero-order valence-corrected chi connectivity index (χ0v) is 13.9. The van der Waals surface area contributed by atoms with E-state index in [1.807, 2.05) is 30.1 Å². The highest BCUT2D eigenvalue weighted by Crippen LogP contribution is 2.34. The molecule has 1 aromatic rings. The van der Waals surface area contributed by atoms with E-state index in [4.69, 9.17) is 4.74 Å². The van der Waals surface area contributed by atoms with E-state index in [0.717, 1.165) is 12.1 Å². The molecule has 2 heterocycles. The maximum Gasteiger partial charge on any atom is 0.424 e. The number of hydrogen-bond acceptors (Lipinski definition) is 5. The summed E-state index contributed by atoms with van der Waals surface area (Å²) in [5.41, 5.74) is 0.255. The third kappa shape index (κ3) is 3.80. The Hall–Kier alpha value is -2.13. The van der Waals surface area contributed by atoms with Crippen LogP contribution in [0, 0.1) is 11.3 Å². The lowest BCUT2D eigenvalue weighted by Crippen LogP contribution is -2.53. The third-order valence-electron chi connectivity index (χ3n) is 4.22. The first kappa shape index (κ1) is 17.2. The van der Waals surface area contributed by atoms with E-state index in [9.17, 15) is 10.1 Å². The molecule has 6 nitrogen and oxygen atoms in total. The summed E-state index contributed by atoms with van der Waals surface area (Å²) >= 11 is 0. The second-order valence-corrected chi connectivity index (χ2v) is 5.68. The van der Waals surface area contributed by atoms with Gasteiger partial charge < -0.3 is 4.74 Å². The summed E-state index contributed by atoms with van der Waals surface area (Å²) in [7, 11) is 0. The number of hydrazine groups is 1. The first-order valence-electron chi connectivity index (χ1n) is 8.18. The molecule has 1 fully saturated rings. The van der Waals surface area contributed by atoms with E-state index in [-0.39, 0.29) is 6.09 Å². The molecule has 0 aliphatic carbocycles. The first-order chi connectivity index (χ1) is 11.2. The number of hydrogen-bond donors (Lipinski definition) is 0. The molecule has 0 radical (unpaired) electrons. The van der Waals surface area contributed by atoms with Gasteiger partial charge >= 0.3 is 6.09 Å². The molecule has 1 amide bonds. The Kier molecular flexibility index (Phi) is 5.94. The van der Waals surface area contributed by atoms with Crippen LogP contribution in [0.5, 0.6) is 0 Å². The van der Waals surface area contributed by atoms with Gasteiger partial charge in [0, 0.05) is 25.8 Å². The Morgan fingerprint density at radius 2 is 2.17 bits per heavy atom. The van der Waals surface area contributed by atoms with Crippen LogP contribution in [0.1, 0.15) is 38.8 Å². The molecule has 0 unspecified atom stereocenters. The van der Waals surface area contributed by atoms with E-state index in [1.165, 1.54) is 0 Å². The van der Waals surface area contributed by atoms with Crippen molar-refractivity contribution in [3.63, 3.8) is 0 Å². The number of rotatable bonds is 5. The fraction of sp³-hybridized carbons (Fsp3) is 0.588. The van der Waals surface area contributed by atoms with Crippen molar-refractivity contribution < 1.29 is 9.53 Å². The molecule has 1 aliphatic heterocycles. The third-order valence-corrected chi connectivity index (χ3v) is 4.22. The SMILES string of the molecule is CCCN(C(=O)OCC)N1CCC(C#N)(c2ccccn2)CC1. The topological polar surface area (TPSA) is 69.5 Å². The largest absolute Gasteiger partial charge is 0.449 e. The maximum atomic E-state index is 12.1. The fourth-order valence-electron chi connectivity index (χ4n) is 2.95. The van der Waals surface area contributed by atoms with Crippen molar-refractivity contribution in [1.82, 2.24) is 15.0 Å². The normalized spacial score (nSPS) is 17.3. The minimum Gasteiger partial charge on any atom is -0.449 e. The van der Waals surface area contributed by atoms with E-state index in [2.05, 4.69) is 11.1 Å². The summed E-state index contributed by atoms with van der Waals surface area (Å²) in [5, 5.41) is 13.4. The lowest BCUT2D eigenvalue weighted by molar-refractivity contribution is -0.0413. The van der Waals surface area contributed by atoms with Gasteiger partial charge in [-0.2, -0.15) is 5.26 Å². The van der Waals surface area contributed by atoms with Crippen LogP contribution >= 0.6 is 0 Å². The predicted molar refractivity (Wildman–Crippen MR) is 86.4 cm³/mol. The number of aromatic nitrogens is 1.